The Morgan fingerprint density at radius 3 is 2.10 bits per heavy atom. The van der Waals surface area contributed by atoms with Crippen LogP contribution < -0.4 is 0 Å². The standard InChI is InChI=1S/C44H23N3OS2/c1-5-16-34-25(10-1)33-23-32-24(20-21-29-27-12-3-7-18-37(27)49-42(29)32)22-35(33)47(34)44-45-39-30-13-4-8-19-38(30)50-43(39)40(46-44)31-15-9-14-28-26-11-2-6-17-36(26)48-41(28)31/h1-23H. The molecular formula is C44H23N3OS2. The van der Waals surface area contributed by atoms with Gasteiger partial charge in [0.05, 0.1) is 26.9 Å². The van der Waals surface area contributed by atoms with Crippen LogP contribution in [0.25, 0.3) is 112 Å². The molecule has 12 aromatic rings. The number of hydrogen-bond acceptors (Lipinski definition) is 5. The topological polar surface area (TPSA) is 43.9 Å². The van der Waals surface area contributed by atoms with Crippen LogP contribution in [-0.4, -0.2) is 14.5 Å². The maximum atomic E-state index is 6.58. The SMILES string of the molecule is c1ccc2c(c1)oc1c(-c3nc(-n4c5ccccc5c5cc6c(ccc7c8ccccc8sc67)cc54)nc4c3sc3ccccc34)cccc12. The molecule has 4 nitrogen and oxygen atoms in total. The Morgan fingerprint density at radius 1 is 0.480 bits per heavy atom. The summed E-state index contributed by atoms with van der Waals surface area (Å²) < 4.78 is 13.7. The molecule has 0 radical (unpaired) electrons. The van der Waals surface area contributed by atoms with E-state index >= 15 is 0 Å². The Kier molecular flexibility index (Phi) is 5.23. The predicted octanol–water partition coefficient (Wildman–Crippen LogP) is 13.0. The first kappa shape index (κ1) is 26.8. The summed E-state index contributed by atoms with van der Waals surface area (Å²) in [5.41, 5.74) is 6.70. The Morgan fingerprint density at radius 2 is 1.20 bits per heavy atom. The summed E-state index contributed by atoms with van der Waals surface area (Å²) in [6.07, 6.45) is 0. The maximum Gasteiger partial charge on any atom is 0.235 e. The van der Waals surface area contributed by atoms with Crippen molar-refractivity contribution in [3.8, 4) is 17.2 Å². The third-order valence-electron chi connectivity index (χ3n) is 10.2. The molecule has 0 N–H and O–H groups in total. The van der Waals surface area contributed by atoms with Crippen molar-refractivity contribution in [1.29, 1.82) is 0 Å². The summed E-state index contributed by atoms with van der Waals surface area (Å²) in [6, 6.07) is 49.8. The van der Waals surface area contributed by atoms with Crippen LogP contribution in [0.2, 0.25) is 0 Å². The van der Waals surface area contributed by atoms with Gasteiger partial charge in [-0.2, -0.15) is 0 Å². The Labute approximate surface area is 292 Å². The van der Waals surface area contributed by atoms with E-state index < -0.39 is 0 Å². The van der Waals surface area contributed by atoms with E-state index in [1.54, 1.807) is 11.3 Å². The fourth-order valence-corrected chi connectivity index (χ4v) is 10.4. The fourth-order valence-electron chi connectivity index (χ4n) is 7.98. The quantitative estimate of drug-likeness (QED) is 0.183. The van der Waals surface area contributed by atoms with E-state index in [9.17, 15) is 0 Å². The fraction of sp³-hybridized carbons (Fsp3) is 0. The van der Waals surface area contributed by atoms with E-state index in [-0.39, 0.29) is 0 Å². The minimum atomic E-state index is 0.651. The van der Waals surface area contributed by atoms with Crippen LogP contribution in [0.5, 0.6) is 0 Å². The molecule has 232 valence electrons. The average molecular weight is 674 g/mol. The summed E-state index contributed by atoms with van der Waals surface area (Å²) in [5.74, 6) is 0.651. The molecule has 0 saturated carbocycles. The first-order valence-electron chi connectivity index (χ1n) is 16.7. The van der Waals surface area contributed by atoms with Gasteiger partial charge in [0.2, 0.25) is 5.95 Å². The Hall–Kier alpha value is -6.08. The van der Waals surface area contributed by atoms with Gasteiger partial charge >= 0.3 is 0 Å². The third-order valence-corrected chi connectivity index (χ3v) is 12.6. The molecule has 0 spiro atoms. The van der Waals surface area contributed by atoms with Crippen LogP contribution >= 0.6 is 22.7 Å². The average Bonchev–Trinajstić information content (AvgIpc) is 3.92. The Bertz CT molecular complexity index is 3400. The normalized spacial score (nSPS) is 12.4. The number of hydrogen-bond donors (Lipinski definition) is 0. The minimum Gasteiger partial charge on any atom is -0.455 e. The molecule has 0 unspecified atom stereocenters. The lowest BCUT2D eigenvalue weighted by Gasteiger charge is -2.11. The predicted molar refractivity (Wildman–Crippen MR) is 212 cm³/mol. The van der Waals surface area contributed by atoms with E-state index in [1.807, 2.05) is 23.5 Å². The molecule has 0 bridgehead atoms. The lowest BCUT2D eigenvalue weighted by atomic mass is 10.0. The van der Waals surface area contributed by atoms with Crippen molar-refractivity contribution in [2.24, 2.45) is 0 Å². The van der Waals surface area contributed by atoms with E-state index in [4.69, 9.17) is 14.4 Å². The molecule has 0 aliphatic carbocycles. The number of para-hydroxylation sites is 3. The highest BCUT2D eigenvalue weighted by molar-refractivity contribution is 7.27. The van der Waals surface area contributed by atoms with Crippen molar-refractivity contribution >= 4 is 118 Å². The molecule has 0 saturated heterocycles. The molecule has 12 rings (SSSR count). The highest BCUT2D eigenvalue weighted by Crippen LogP contribution is 2.45. The van der Waals surface area contributed by atoms with E-state index in [2.05, 4.69) is 132 Å². The van der Waals surface area contributed by atoms with Gasteiger partial charge in [0.25, 0.3) is 0 Å². The molecule has 0 amide bonds. The van der Waals surface area contributed by atoms with E-state index in [0.717, 1.165) is 59.8 Å². The van der Waals surface area contributed by atoms with Crippen LogP contribution in [0.4, 0.5) is 0 Å². The molecule has 0 aliphatic rings. The van der Waals surface area contributed by atoms with Crippen LogP contribution in [0, 0.1) is 0 Å². The zero-order valence-corrected chi connectivity index (χ0v) is 28.0. The second kappa shape index (κ2) is 9.76. The zero-order chi connectivity index (χ0) is 32.5. The minimum absolute atomic E-state index is 0.651. The first-order valence-corrected chi connectivity index (χ1v) is 18.3. The highest BCUT2D eigenvalue weighted by atomic mass is 32.1. The summed E-state index contributed by atoms with van der Waals surface area (Å²) in [6.45, 7) is 0. The summed E-state index contributed by atoms with van der Waals surface area (Å²) in [7, 11) is 0. The van der Waals surface area contributed by atoms with Crippen molar-refractivity contribution in [3.05, 3.63) is 140 Å². The van der Waals surface area contributed by atoms with Gasteiger partial charge in [-0.3, -0.25) is 4.57 Å². The molecule has 6 heteroatoms. The second-order valence-electron chi connectivity index (χ2n) is 12.9. The summed E-state index contributed by atoms with van der Waals surface area (Å²) in [4.78, 5) is 10.9. The van der Waals surface area contributed by atoms with Crippen molar-refractivity contribution in [3.63, 3.8) is 0 Å². The van der Waals surface area contributed by atoms with Gasteiger partial charge in [-0.05, 0) is 47.9 Å². The van der Waals surface area contributed by atoms with Gasteiger partial charge in [-0.15, -0.1) is 22.7 Å². The van der Waals surface area contributed by atoms with Crippen molar-refractivity contribution in [1.82, 2.24) is 14.5 Å². The van der Waals surface area contributed by atoms with Crippen molar-refractivity contribution in [2.45, 2.75) is 0 Å². The third kappa shape index (κ3) is 3.53. The lowest BCUT2D eigenvalue weighted by molar-refractivity contribution is 0.670. The van der Waals surface area contributed by atoms with E-state index in [0.29, 0.717) is 5.95 Å². The van der Waals surface area contributed by atoms with Crippen molar-refractivity contribution in [2.75, 3.05) is 0 Å². The molecule has 0 fully saturated rings. The number of nitrogens with zero attached hydrogens (tertiary/aromatic N) is 3. The van der Waals surface area contributed by atoms with Gasteiger partial charge in [0.1, 0.15) is 11.2 Å². The van der Waals surface area contributed by atoms with Crippen LogP contribution in [0.15, 0.2) is 144 Å². The van der Waals surface area contributed by atoms with Gasteiger partial charge in [-0.25, -0.2) is 9.97 Å². The number of furan rings is 1. The monoisotopic (exact) mass is 673 g/mol. The number of aromatic nitrogens is 3. The highest BCUT2D eigenvalue weighted by Gasteiger charge is 2.23. The van der Waals surface area contributed by atoms with Crippen LogP contribution in [-0.2, 0) is 0 Å². The van der Waals surface area contributed by atoms with Crippen LogP contribution in [0.1, 0.15) is 0 Å². The molecule has 0 atom stereocenters. The van der Waals surface area contributed by atoms with Gasteiger partial charge in [0.15, 0.2) is 0 Å². The Balaban J connectivity index is 1.21. The van der Waals surface area contributed by atoms with Gasteiger partial charge < -0.3 is 4.42 Å². The molecule has 0 aliphatic heterocycles. The van der Waals surface area contributed by atoms with Crippen LogP contribution in [0.3, 0.4) is 0 Å². The number of thiophene rings is 2. The molecule has 7 aromatic carbocycles. The van der Waals surface area contributed by atoms with Gasteiger partial charge in [0, 0.05) is 62.8 Å². The van der Waals surface area contributed by atoms with Crippen molar-refractivity contribution < 1.29 is 4.42 Å². The molecule has 5 heterocycles. The summed E-state index contributed by atoms with van der Waals surface area (Å²) in [5, 5.41) is 10.8. The number of fused-ring (bicyclic) bond motifs is 14. The lowest BCUT2D eigenvalue weighted by Crippen LogP contribution is -2.02. The summed E-state index contributed by atoms with van der Waals surface area (Å²) >= 11 is 3.62. The van der Waals surface area contributed by atoms with E-state index in [1.165, 1.54) is 46.4 Å². The second-order valence-corrected chi connectivity index (χ2v) is 15.0. The maximum absolute atomic E-state index is 6.58. The number of rotatable bonds is 2. The van der Waals surface area contributed by atoms with Gasteiger partial charge in [-0.1, -0.05) is 97.1 Å². The molecular weight excluding hydrogens is 651 g/mol. The largest absolute Gasteiger partial charge is 0.455 e. The smallest absolute Gasteiger partial charge is 0.235 e. The first-order chi connectivity index (χ1) is 24.8. The molecule has 50 heavy (non-hydrogen) atoms. The zero-order valence-electron chi connectivity index (χ0n) is 26.3. The molecule has 5 aromatic heterocycles. The number of benzene rings is 7.